The van der Waals surface area contributed by atoms with Crippen molar-refractivity contribution in [3.63, 3.8) is 0 Å². The van der Waals surface area contributed by atoms with Crippen molar-refractivity contribution in [1.82, 2.24) is 0 Å². The number of ketones is 2. The highest BCUT2D eigenvalue weighted by atomic mass is 16.4. The molecule has 0 bridgehead atoms. The maximum absolute atomic E-state index is 11.7. The minimum absolute atomic E-state index is 0.325. The molecule has 0 fully saturated rings. The largest absolute Gasteiger partial charge is 0.461 e. The number of rotatable bonds is 8. The number of hydrogen-bond donors (Lipinski definition) is 6. The molecule has 21 heavy (non-hydrogen) atoms. The first-order valence-corrected chi connectivity index (χ1v) is 5.93. The van der Waals surface area contributed by atoms with Gasteiger partial charge in [0.05, 0.1) is 12.9 Å². The van der Waals surface area contributed by atoms with Gasteiger partial charge in [0.15, 0.2) is 17.6 Å². The molecule has 0 amide bonds. The predicted octanol–water partition coefficient (Wildman–Crippen LogP) is -3.17. The molecular formula is C12H16O9. The molecule has 0 aliphatic carbocycles. The van der Waals surface area contributed by atoms with Crippen LogP contribution in [0.25, 0.3) is 0 Å². The summed E-state index contributed by atoms with van der Waals surface area (Å²) in [5.74, 6) is -2.94. The van der Waals surface area contributed by atoms with E-state index in [-0.39, 0.29) is 5.76 Å². The lowest BCUT2D eigenvalue weighted by atomic mass is 9.96. The molecule has 0 saturated heterocycles. The summed E-state index contributed by atoms with van der Waals surface area (Å²) in [6.07, 6.45) is -9.55. The van der Waals surface area contributed by atoms with Gasteiger partial charge in [0.1, 0.15) is 24.4 Å². The van der Waals surface area contributed by atoms with Gasteiger partial charge in [0.2, 0.25) is 5.78 Å². The fourth-order valence-corrected chi connectivity index (χ4v) is 1.54. The molecule has 0 aliphatic rings. The lowest BCUT2D eigenvalue weighted by Crippen LogP contribution is -2.52. The summed E-state index contributed by atoms with van der Waals surface area (Å²) < 4.78 is 4.68. The summed E-state index contributed by atoms with van der Waals surface area (Å²) in [5, 5.41) is 55.6. The molecule has 0 saturated carbocycles. The normalized spacial score (nSPS) is 18.6. The first-order chi connectivity index (χ1) is 9.81. The number of aliphatic hydroxyl groups excluding tert-OH is 6. The molecule has 1 heterocycles. The maximum atomic E-state index is 11.7. The first kappa shape index (κ1) is 17.4. The summed E-state index contributed by atoms with van der Waals surface area (Å²) in [7, 11) is 0. The molecule has 0 aromatic carbocycles. The standard InChI is InChI=1S/C12H16O9/c13-4-5(14)7(15)9(17)11(19)12(20)10(18)8(16)6-2-1-3-21-6/h1-3,5,7,9-11,13-15,17-19H,4H2/t5-,7-,9+,10?,11-/m1/s1. The maximum Gasteiger partial charge on any atom is 0.234 e. The van der Waals surface area contributed by atoms with Crippen LogP contribution < -0.4 is 0 Å². The van der Waals surface area contributed by atoms with Gasteiger partial charge >= 0.3 is 0 Å². The van der Waals surface area contributed by atoms with E-state index in [4.69, 9.17) is 10.2 Å². The fourth-order valence-electron chi connectivity index (χ4n) is 1.54. The van der Waals surface area contributed by atoms with Crippen LogP contribution >= 0.6 is 0 Å². The second-order valence-corrected chi connectivity index (χ2v) is 4.32. The molecule has 0 aliphatic heterocycles. The third-order valence-corrected chi connectivity index (χ3v) is 2.83. The zero-order chi connectivity index (χ0) is 16.2. The number of hydrogen-bond acceptors (Lipinski definition) is 9. The van der Waals surface area contributed by atoms with Crippen molar-refractivity contribution in [2.45, 2.75) is 30.5 Å². The van der Waals surface area contributed by atoms with Crippen molar-refractivity contribution in [3.8, 4) is 0 Å². The van der Waals surface area contributed by atoms with Crippen molar-refractivity contribution in [1.29, 1.82) is 0 Å². The third kappa shape index (κ3) is 3.94. The summed E-state index contributed by atoms with van der Waals surface area (Å²) in [6.45, 7) is -0.924. The molecule has 0 radical (unpaired) electrons. The Kier molecular flexibility index (Phi) is 6.15. The Bertz CT molecular complexity index is 469. The van der Waals surface area contributed by atoms with E-state index in [1.165, 1.54) is 12.1 Å². The molecule has 0 spiro atoms. The van der Waals surface area contributed by atoms with E-state index in [9.17, 15) is 30.0 Å². The minimum Gasteiger partial charge on any atom is -0.461 e. The highest BCUT2D eigenvalue weighted by Gasteiger charge is 2.39. The average Bonchev–Trinajstić information content (AvgIpc) is 3.03. The number of aliphatic hydroxyl groups is 6. The molecular weight excluding hydrogens is 288 g/mol. The monoisotopic (exact) mass is 304 g/mol. The molecule has 1 aromatic rings. The predicted molar refractivity (Wildman–Crippen MR) is 65.2 cm³/mol. The van der Waals surface area contributed by atoms with Crippen molar-refractivity contribution in [2.75, 3.05) is 6.61 Å². The highest BCUT2D eigenvalue weighted by Crippen LogP contribution is 2.11. The Hall–Kier alpha value is -1.62. The quantitative estimate of drug-likeness (QED) is 0.214. The van der Waals surface area contributed by atoms with Crippen LogP contribution in [0.15, 0.2) is 22.8 Å². The third-order valence-electron chi connectivity index (χ3n) is 2.83. The van der Waals surface area contributed by atoms with Gasteiger partial charge in [-0.15, -0.1) is 0 Å². The van der Waals surface area contributed by atoms with Gasteiger partial charge in [0.25, 0.3) is 0 Å². The number of carbonyl (C=O) groups excluding carboxylic acids is 2. The molecule has 5 atom stereocenters. The van der Waals surface area contributed by atoms with Crippen molar-refractivity contribution in [2.24, 2.45) is 0 Å². The summed E-state index contributed by atoms with van der Waals surface area (Å²) >= 11 is 0. The second kappa shape index (κ2) is 7.41. The fraction of sp³-hybridized carbons (Fsp3) is 0.500. The first-order valence-electron chi connectivity index (χ1n) is 5.93. The zero-order valence-corrected chi connectivity index (χ0v) is 10.7. The van der Waals surface area contributed by atoms with Crippen LogP contribution in [0.3, 0.4) is 0 Å². The van der Waals surface area contributed by atoms with Gasteiger partial charge in [-0.25, -0.2) is 0 Å². The zero-order valence-electron chi connectivity index (χ0n) is 10.7. The molecule has 6 N–H and O–H groups in total. The van der Waals surface area contributed by atoms with E-state index >= 15 is 0 Å². The number of carbonyl (C=O) groups is 2. The van der Waals surface area contributed by atoms with Gasteiger partial charge in [0, 0.05) is 0 Å². The summed E-state index contributed by atoms with van der Waals surface area (Å²) in [5.41, 5.74) is 0. The van der Waals surface area contributed by atoms with E-state index in [2.05, 4.69) is 4.42 Å². The minimum atomic E-state index is -2.34. The second-order valence-electron chi connectivity index (χ2n) is 4.32. The van der Waals surface area contributed by atoms with Crippen LogP contribution in [0.5, 0.6) is 0 Å². The van der Waals surface area contributed by atoms with Gasteiger partial charge in [-0.2, -0.15) is 0 Å². The molecule has 9 heteroatoms. The van der Waals surface area contributed by atoms with Crippen molar-refractivity contribution in [3.05, 3.63) is 24.2 Å². The average molecular weight is 304 g/mol. The highest BCUT2D eigenvalue weighted by molar-refractivity contribution is 6.13. The number of Topliss-reactive ketones (excluding diaryl/α,β-unsaturated/α-hetero) is 2. The Morgan fingerprint density at radius 2 is 1.71 bits per heavy atom. The van der Waals surface area contributed by atoms with Crippen LogP contribution in [-0.4, -0.2) is 79.3 Å². The Morgan fingerprint density at radius 1 is 1.10 bits per heavy atom. The van der Waals surface area contributed by atoms with E-state index in [0.717, 1.165) is 6.26 Å². The van der Waals surface area contributed by atoms with Gasteiger partial charge in [-0.1, -0.05) is 0 Å². The van der Waals surface area contributed by atoms with Gasteiger partial charge < -0.3 is 35.1 Å². The van der Waals surface area contributed by atoms with Crippen LogP contribution in [0.1, 0.15) is 10.6 Å². The van der Waals surface area contributed by atoms with Gasteiger partial charge in [-0.3, -0.25) is 9.59 Å². The Labute approximate surface area is 118 Å². The van der Waals surface area contributed by atoms with E-state index in [0.29, 0.717) is 0 Å². The van der Waals surface area contributed by atoms with Crippen LogP contribution in [-0.2, 0) is 4.79 Å². The summed E-state index contributed by atoms with van der Waals surface area (Å²) in [4.78, 5) is 23.3. The van der Waals surface area contributed by atoms with E-state index < -0.39 is 48.7 Å². The van der Waals surface area contributed by atoms with Gasteiger partial charge in [-0.05, 0) is 12.1 Å². The van der Waals surface area contributed by atoms with E-state index in [1.54, 1.807) is 0 Å². The molecule has 9 nitrogen and oxygen atoms in total. The Morgan fingerprint density at radius 3 is 2.19 bits per heavy atom. The van der Waals surface area contributed by atoms with Crippen molar-refractivity contribution < 1.29 is 44.6 Å². The van der Waals surface area contributed by atoms with E-state index in [1.807, 2.05) is 0 Å². The SMILES string of the molecule is O=C(c1ccco1)C(O)C(=O)[C@H](O)[C@@H](O)[C@H](O)[C@H](O)CO. The van der Waals surface area contributed by atoms with Crippen LogP contribution in [0.4, 0.5) is 0 Å². The van der Waals surface area contributed by atoms with Crippen LogP contribution in [0, 0.1) is 0 Å². The van der Waals surface area contributed by atoms with Crippen LogP contribution in [0.2, 0.25) is 0 Å². The smallest absolute Gasteiger partial charge is 0.234 e. The molecule has 1 rings (SSSR count). The molecule has 1 unspecified atom stereocenters. The molecule has 118 valence electrons. The summed E-state index contributed by atoms with van der Waals surface area (Å²) in [6, 6.07) is 2.53. The van der Waals surface area contributed by atoms with Crippen molar-refractivity contribution >= 4 is 11.6 Å². The molecule has 1 aromatic heterocycles. The topological polar surface area (TPSA) is 169 Å². The Balaban J connectivity index is 2.75. The lowest BCUT2D eigenvalue weighted by Gasteiger charge is -2.25. The number of furan rings is 1. The lowest BCUT2D eigenvalue weighted by molar-refractivity contribution is -0.152.